The second-order valence-corrected chi connectivity index (χ2v) is 7.15. The van der Waals surface area contributed by atoms with Gasteiger partial charge in [-0.1, -0.05) is 35.9 Å². The number of carboxylic acids is 1. The van der Waals surface area contributed by atoms with Gasteiger partial charge < -0.3 is 20.4 Å². The van der Waals surface area contributed by atoms with Crippen molar-refractivity contribution in [2.24, 2.45) is 5.73 Å². The minimum atomic E-state index is -1.12. The average molecular weight is 408 g/mol. The number of carbonyl (C=O) groups is 1. The van der Waals surface area contributed by atoms with Gasteiger partial charge in [-0.15, -0.1) is 0 Å². The molecule has 0 saturated heterocycles. The lowest BCUT2D eigenvalue weighted by Crippen LogP contribution is -2.13. The smallest absolute Gasteiger partial charge is 0.353 e. The van der Waals surface area contributed by atoms with Crippen molar-refractivity contribution in [1.82, 2.24) is 9.55 Å². The fourth-order valence-corrected chi connectivity index (χ4v) is 3.74. The topological polar surface area (TPSA) is 101 Å². The Hall–Kier alpha value is -3.35. The van der Waals surface area contributed by atoms with Crippen molar-refractivity contribution in [3.05, 3.63) is 93.0 Å². The number of halogens is 1. The molecule has 0 fully saturated rings. The number of hydrogen-bond acceptors (Lipinski definition) is 3. The summed E-state index contributed by atoms with van der Waals surface area (Å²) in [6.45, 7) is 0.766. The van der Waals surface area contributed by atoms with E-state index in [4.69, 9.17) is 17.3 Å². The molecule has 4 aromatic rings. The monoisotopic (exact) mass is 407 g/mol. The molecule has 0 bridgehead atoms. The molecule has 0 amide bonds. The summed E-state index contributed by atoms with van der Waals surface area (Å²) in [6, 6.07) is 16.1. The maximum atomic E-state index is 12.5. The number of fused-ring (bicyclic) bond motifs is 1. The van der Waals surface area contributed by atoms with Crippen LogP contribution < -0.4 is 11.3 Å². The quantitative estimate of drug-likeness (QED) is 0.467. The highest BCUT2D eigenvalue weighted by Gasteiger charge is 2.25. The van der Waals surface area contributed by atoms with Gasteiger partial charge in [0.2, 0.25) is 0 Å². The maximum Gasteiger partial charge on any atom is 0.353 e. The van der Waals surface area contributed by atoms with Gasteiger partial charge in [-0.3, -0.25) is 4.79 Å². The van der Waals surface area contributed by atoms with Gasteiger partial charge in [0.1, 0.15) is 5.69 Å². The lowest BCUT2D eigenvalue weighted by atomic mass is 10.0. The van der Waals surface area contributed by atoms with Crippen LogP contribution in [-0.2, 0) is 13.1 Å². The highest BCUT2D eigenvalue weighted by Crippen LogP contribution is 2.35. The molecule has 0 radical (unpaired) electrons. The molecule has 2 aromatic carbocycles. The second kappa shape index (κ2) is 7.58. The number of nitrogens with one attached hydrogen (secondary N) is 1. The number of nitrogens with zero attached hydrogens (tertiary/aromatic N) is 1. The molecule has 0 aliphatic heterocycles. The van der Waals surface area contributed by atoms with Crippen molar-refractivity contribution in [3.8, 4) is 11.1 Å². The predicted octanol–water partition coefficient (Wildman–Crippen LogP) is 3.86. The first-order valence-electron chi connectivity index (χ1n) is 9.00. The van der Waals surface area contributed by atoms with Crippen molar-refractivity contribution in [2.75, 3.05) is 0 Å². The molecule has 4 N–H and O–H groups in total. The molecule has 6 nitrogen and oxygen atoms in total. The van der Waals surface area contributed by atoms with E-state index in [2.05, 4.69) is 4.98 Å². The maximum absolute atomic E-state index is 12.5. The first-order valence-corrected chi connectivity index (χ1v) is 9.38. The number of aromatic amines is 1. The van der Waals surface area contributed by atoms with Crippen molar-refractivity contribution < 1.29 is 9.90 Å². The number of rotatable bonds is 5. The number of nitrogens with two attached hydrogens (primary N) is 1. The number of H-pyrrole nitrogens is 1. The van der Waals surface area contributed by atoms with E-state index < -0.39 is 5.97 Å². The first kappa shape index (κ1) is 19.0. The van der Waals surface area contributed by atoms with Crippen molar-refractivity contribution >= 4 is 28.5 Å². The molecule has 0 atom stereocenters. The molecule has 0 aliphatic rings. The highest BCUT2D eigenvalue weighted by molar-refractivity contribution is 6.31. The molecule has 4 rings (SSSR count). The molecule has 0 saturated carbocycles. The second-order valence-electron chi connectivity index (χ2n) is 6.71. The van der Waals surface area contributed by atoms with Gasteiger partial charge in [0.25, 0.3) is 5.56 Å². The molecule has 2 aromatic heterocycles. The number of carboxylic acid groups (broad SMARTS) is 1. The van der Waals surface area contributed by atoms with Crippen molar-refractivity contribution in [3.63, 3.8) is 0 Å². The van der Waals surface area contributed by atoms with Crippen LogP contribution in [0.3, 0.4) is 0 Å². The summed E-state index contributed by atoms with van der Waals surface area (Å²) in [7, 11) is 0. The third kappa shape index (κ3) is 3.44. The van der Waals surface area contributed by atoms with E-state index in [1.807, 2.05) is 24.3 Å². The normalized spacial score (nSPS) is 11.1. The number of aromatic carboxylic acids is 1. The van der Waals surface area contributed by atoms with E-state index in [1.165, 1.54) is 6.20 Å². The fourth-order valence-electron chi connectivity index (χ4n) is 3.57. The van der Waals surface area contributed by atoms with E-state index in [0.717, 1.165) is 11.1 Å². The van der Waals surface area contributed by atoms with Crippen LogP contribution >= 0.6 is 11.6 Å². The molecule has 146 valence electrons. The largest absolute Gasteiger partial charge is 0.477 e. The Kier molecular flexibility index (Phi) is 4.96. The van der Waals surface area contributed by atoms with Gasteiger partial charge in [0, 0.05) is 46.3 Å². The van der Waals surface area contributed by atoms with Gasteiger partial charge in [-0.25, -0.2) is 4.79 Å². The van der Waals surface area contributed by atoms with Gasteiger partial charge in [-0.2, -0.15) is 0 Å². The number of hydrogen-bond donors (Lipinski definition) is 3. The van der Waals surface area contributed by atoms with Crippen molar-refractivity contribution in [1.29, 1.82) is 0 Å². The summed E-state index contributed by atoms with van der Waals surface area (Å²) in [5.74, 6) is -1.12. The van der Waals surface area contributed by atoms with Crippen molar-refractivity contribution in [2.45, 2.75) is 13.1 Å². The van der Waals surface area contributed by atoms with E-state index >= 15 is 0 Å². The standard InChI is InChI=1S/C22H18ClN3O3/c23-15-7-8-18-17(10-15)19(16-2-1-9-25-21(16)27)20(22(28)29)26(18)12-14-5-3-13(11-24)4-6-14/h1-10H,11-12,24H2,(H,25,27)(H,28,29). The molecule has 2 heterocycles. The Morgan fingerprint density at radius 2 is 1.83 bits per heavy atom. The third-order valence-electron chi connectivity index (χ3n) is 4.91. The van der Waals surface area contributed by atoms with E-state index in [9.17, 15) is 14.7 Å². The highest BCUT2D eigenvalue weighted by atomic mass is 35.5. The summed E-state index contributed by atoms with van der Waals surface area (Å²) in [5.41, 5.74) is 8.59. The molecule has 29 heavy (non-hydrogen) atoms. The summed E-state index contributed by atoms with van der Waals surface area (Å²) in [4.78, 5) is 27.4. The summed E-state index contributed by atoms with van der Waals surface area (Å²) in [6.07, 6.45) is 1.51. The molecule has 0 aliphatic carbocycles. The Morgan fingerprint density at radius 1 is 1.10 bits per heavy atom. The van der Waals surface area contributed by atoms with Gasteiger partial charge in [-0.05, 0) is 41.5 Å². The molecule has 0 spiro atoms. The van der Waals surface area contributed by atoms with Crippen LogP contribution in [0.1, 0.15) is 21.6 Å². The number of aromatic nitrogens is 2. The predicted molar refractivity (Wildman–Crippen MR) is 113 cm³/mol. The summed E-state index contributed by atoms with van der Waals surface area (Å²) in [5, 5.41) is 11.1. The zero-order valence-electron chi connectivity index (χ0n) is 15.4. The van der Waals surface area contributed by atoms with Crippen LogP contribution in [0.4, 0.5) is 0 Å². The Balaban J connectivity index is 2.01. The molecule has 7 heteroatoms. The zero-order chi connectivity index (χ0) is 20.5. The average Bonchev–Trinajstić information content (AvgIpc) is 3.02. The zero-order valence-corrected chi connectivity index (χ0v) is 16.1. The van der Waals surface area contributed by atoms with E-state index in [0.29, 0.717) is 34.6 Å². The minimum absolute atomic E-state index is 0.0434. The number of pyridine rings is 1. The molecule has 0 unspecified atom stereocenters. The van der Waals surface area contributed by atoms with Crippen LogP contribution in [0, 0.1) is 0 Å². The summed E-state index contributed by atoms with van der Waals surface area (Å²) < 4.78 is 1.70. The first-order chi connectivity index (χ1) is 14.0. The minimum Gasteiger partial charge on any atom is -0.477 e. The van der Waals surface area contributed by atoms with E-state index in [1.54, 1.807) is 34.9 Å². The Morgan fingerprint density at radius 3 is 2.48 bits per heavy atom. The van der Waals surface area contributed by atoms with Crippen LogP contribution in [0.25, 0.3) is 22.0 Å². The fraction of sp³-hybridized carbons (Fsp3) is 0.0909. The molecular weight excluding hydrogens is 390 g/mol. The Labute approximate surface area is 171 Å². The lowest BCUT2D eigenvalue weighted by molar-refractivity contribution is 0.0687. The van der Waals surface area contributed by atoms with Crippen LogP contribution in [0.2, 0.25) is 5.02 Å². The lowest BCUT2D eigenvalue weighted by Gasteiger charge is -2.10. The van der Waals surface area contributed by atoms with Gasteiger partial charge in [0.05, 0.1) is 0 Å². The van der Waals surface area contributed by atoms with Crippen LogP contribution in [0.5, 0.6) is 0 Å². The van der Waals surface area contributed by atoms with Crippen LogP contribution in [0.15, 0.2) is 65.6 Å². The summed E-state index contributed by atoms with van der Waals surface area (Å²) >= 11 is 6.20. The van der Waals surface area contributed by atoms with Gasteiger partial charge >= 0.3 is 5.97 Å². The van der Waals surface area contributed by atoms with Gasteiger partial charge in [0.15, 0.2) is 0 Å². The Bertz CT molecular complexity index is 1270. The third-order valence-corrected chi connectivity index (χ3v) is 5.15. The van der Waals surface area contributed by atoms with E-state index in [-0.39, 0.29) is 16.8 Å². The molecular formula is C22H18ClN3O3. The van der Waals surface area contributed by atoms with Crippen LogP contribution in [-0.4, -0.2) is 20.6 Å². The SMILES string of the molecule is NCc1ccc(Cn2c(C(=O)O)c(-c3ccc[nH]c3=O)c3cc(Cl)ccc32)cc1. The number of benzene rings is 2.